The third kappa shape index (κ3) is 2.09. The molecule has 1 atom stereocenters. The zero-order chi connectivity index (χ0) is 11.7. The van der Waals surface area contributed by atoms with Gasteiger partial charge in [0.1, 0.15) is 6.04 Å². The second-order valence-electron chi connectivity index (χ2n) is 4.44. The molecule has 1 aliphatic carbocycles. The smallest absolute Gasteiger partial charge is 0.239 e. The van der Waals surface area contributed by atoms with Crippen molar-refractivity contribution in [3.05, 3.63) is 22.4 Å². The zero-order valence-corrected chi connectivity index (χ0v) is 10.3. The van der Waals surface area contributed by atoms with E-state index in [4.69, 9.17) is 17.3 Å². The van der Waals surface area contributed by atoms with Gasteiger partial charge in [0.25, 0.3) is 0 Å². The van der Waals surface area contributed by atoms with E-state index >= 15 is 0 Å². The third-order valence-corrected chi connectivity index (χ3v) is 3.67. The normalized spacial score (nSPS) is 22.6. The molecular weight excluding hydrogens is 224 g/mol. The minimum absolute atomic E-state index is 0.212. The van der Waals surface area contributed by atoms with E-state index in [1.54, 1.807) is 0 Å². The van der Waals surface area contributed by atoms with E-state index in [9.17, 15) is 4.79 Å². The van der Waals surface area contributed by atoms with Crippen LogP contribution in [0, 0.1) is 0 Å². The molecule has 2 aliphatic rings. The van der Waals surface area contributed by atoms with Crippen LogP contribution >= 0.6 is 11.6 Å². The lowest BCUT2D eigenvalue weighted by Crippen LogP contribution is -2.44. The number of hydrogen-bond donors (Lipinski definition) is 1. The second kappa shape index (κ2) is 4.50. The van der Waals surface area contributed by atoms with Crippen LogP contribution in [0.15, 0.2) is 22.4 Å². The Morgan fingerprint density at radius 3 is 2.94 bits per heavy atom. The molecule has 4 heteroatoms. The Hall–Kier alpha value is -0.960. The molecule has 3 nitrogen and oxygen atoms in total. The first-order valence-corrected chi connectivity index (χ1v) is 6.11. The number of nitrogens with two attached hydrogens (primary N) is 1. The van der Waals surface area contributed by atoms with Crippen LogP contribution in [0.5, 0.6) is 0 Å². The van der Waals surface area contributed by atoms with Crippen LogP contribution < -0.4 is 5.73 Å². The van der Waals surface area contributed by atoms with Crippen molar-refractivity contribution in [3.63, 3.8) is 0 Å². The molecule has 0 aromatic rings. The summed E-state index contributed by atoms with van der Waals surface area (Å²) in [5.74, 6) is -0.255. The molecule has 0 spiro atoms. The first-order valence-electron chi connectivity index (χ1n) is 5.73. The minimum Gasteiger partial charge on any atom is -0.368 e. The number of rotatable bonds is 2. The number of halogens is 1. The van der Waals surface area contributed by atoms with Crippen molar-refractivity contribution >= 4 is 17.5 Å². The Labute approximate surface area is 101 Å². The Balaban J connectivity index is 2.28. The van der Waals surface area contributed by atoms with Gasteiger partial charge in [-0.05, 0) is 44.3 Å². The van der Waals surface area contributed by atoms with Crippen LogP contribution in [0.2, 0.25) is 0 Å². The van der Waals surface area contributed by atoms with E-state index in [0.717, 1.165) is 37.3 Å². The Morgan fingerprint density at radius 2 is 2.25 bits per heavy atom. The van der Waals surface area contributed by atoms with Crippen molar-refractivity contribution in [2.24, 2.45) is 5.73 Å². The summed E-state index contributed by atoms with van der Waals surface area (Å²) in [6.45, 7) is 2.80. The molecule has 0 bridgehead atoms. The van der Waals surface area contributed by atoms with Crippen molar-refractivity contribution in [3.8, 4) is 0 Å². The average molecular weight is 241 g/mol. The Kier molecular flexibility index (Phi) is 3.24. The molecule has 1 aliphatic heterocycles. The molecule has 16 heavy (non-hydrogen) atoms. The number of nitrogens with zero attached hydrogens (tertiary/aromatic N) is 1. The Bertz CT molecular complexity index is 373. The number of carbonyl (C=O) groups excluding carboxylic acids is 1. The van der Waals surface area contributed by atoms with Crippen LogP contribution in [0.4, 0.5) is 0 Å². The van der Waals surface area contributed by atoms with Crippen molar-refractivity contribution in [2.75, 3.05) is 6.54 Å². The van der Waals surface area contributed by atoms with Gasteiger partial charge >= 0.3 is 0 Å². The van der Waals surface area contributed by atoms with Crippen LogP contribution in [-0.2, 0) is 4.79 Å². The van der Waals surface area contributed by atoms with Crippen molar-refractivity contribution in [1.82, 2.24) is 4.90 Å². The summed E-state index contributed by atoms with van der Waals surface area (Å²) < 4.78 is 0. The molecular formula is C12H17ClN2O. The lowest BCUT2D eigenvalue weighted by atomic mass is 9.93. The molecule has 1 amide bonds. The van der Waals surface area contributed by atoms with E-state index in [2.05, 4.69) is 11.0 Å². The van der Waals surface area contributed by atoms with Gasteiger partial charge in [-0.3, -0.25) is 4.79 Å². The number of primary amides is 1. The SMILES string of the molecule is CC(C(N)=O)N1CCCC2=C1CCC(Cl)=C2. The molecule has 0 aromatic carbocycles. The van der Waals surface area contributed by atoms with Crippen LogP contribution in [-0.4, -0.2) is 23.4 Å². The quantitative estimate of drug-likeness (QED) is 0.804. The minimum atomic E-state index is -0.255. The predicted molar refractivity (Wildman–Crippen MR) is 64.8 cm³/mol. The topological polar surface area (TPSA) is 46.3 Å². The predicted octanol–water partition coefficient (Wildman–Crippen LogP) is 2.13. The molecule has 88 valence electrons. The molecule has 2 rings (SSSR count). The lowest BCUT2D eigenvalue weighted by Gasteiger charge is -2.38. The molecule has 0 saturated carbocycles. The molecule has 0 saturated heterocycles. The number of carbonyl (C=O) groups is 1. The van der Waals surface area contributed by atoms with Crippen molar-refractivity contribution in [2.45, 2.75) is 38.6 Å². The van der Waals surface area contributed by atoms with Crippen LogP contribution in [0.3, 0.4) is 0 Å². The molecule has 2 N–H and O–H groups in total. The lowest BCUT2D eigenvalue weighted by molar-refractivity contribution is -0.122. The van der Waals surface area contributed by atoms with Gasteiger partial charge in [-0.1, -0.05) is 11.6 Å². The van der Waals surface area contributed by atoms with Crippen LogP contribution in [0.25, 0.3) is 0 Å². The zero-order valence-electron chi connectivity index (χ0n) is 9.50. The maximum absolute atomic E-state index is 11.3. The number of amides is 1. The summed E-state index contributed by atoms with van der Waals surface area (Å²) in [4.78, 5) is 13.4. The number of allylic oxidation sites excluding steroid dienone is 4. The van der Waals surface area contributed by atoms with Gasteiger partial charge in [0, 0.05) is 17.3 Å². The average Bonchev–Trinajstić information content (AvgIpc) is 2.26. The summed E-state index contributed by atoms with van der Waals surface area (Å²) in [7, 11) is 0. The van der Waals surface area contributed by atoms with Gasteiger partial charge in [0.15, 0.2) is 0 Å². The molecule has 0 aromatic heterocycles. The summed E-state index contributed by atoms with van der Waals surface area (Å²) in [5, 5.41) is 0.923. The first-order chi connectivity index (χ1) is 7.59. The highest BCUT2D eigenvalue weighted by Gasteiger charge is 2.27. The fraction of sp³-hybridized carbons (Fsp3) is 0.583. The van der Waals surface area contributed by atoms with E-state index in [1.165, 1.54) is 11.3 Å². The maximum Gasteiger partial charge on any atom is 0.239 e. The van der Waals surface area contributed by atoms with Crippen molar-refractivity contribution in [1.29, 1.82) is 0 Å². The van der Waals surface area contributed by atoms with Gasteiger partial charge in [0.2, 0.25) is 5.91 Å². The third-order valence-electron chi connectivity index (χ3n) is 3.37. The van der Waals surface area contributed by atoms with E-state index in [-0.39, 0.29) is 11.9 Å². The van der Waals surface area contributed by atoms with Crippen molar-refractivity contribution < 1.29 is 4.79 Å². The van der Waals surface area contributed by atoms with Gasteiger partial charge in [-0.15, -0.1) is 0 Å². The highest BCUT2D eigenvalue weighted by atomic mass is 35.5. The molecule has 1 unspecified atom stereocenters. The van der Waals surface area contributed by atoms with Gasteiger partial charge in [-0.25, -0.2) is 0 Å². The van der Waals surface area contributed by atoms with E-state index in [0.29, 0.717) is 0 Å². The fourth-order valence-corrected chi connectivity index (χ4v) is 2.67. The fourth-order valence-electron chi connectivity index (χ4n) is 2.44. The van der Waals surface area contributed by atoms with E-state index < -0.39 is 0 Å². The second-order valence-corrected chi connectivity index (χ2v) is 4.92. The summed E-state index contributed by atoms with van der Waals surface area (Å²) >= 11 is 6.04. The van der Waals surface area contributed by atoms with Gasteiger partial charge in [0.05, 0.1) is 0 Å². The van der Waals surface area contributed by atoms with E-state index in [1.807, 2.05) is 6.92 Å². The van der Waals surface area contributed by atoms with Gasteiger partial charge < -0.3 is 10.6 Å². The largest absolute Gasteiger partial charge is 0.368 e. The monoisotopic (exact) mass is 240 g/mol. The number of hydrogen-bond acceptors (Lipinski definition) is 2. The molecule has 1 heterocycles. The standard InChI is InChI=1S/C12H17ClN2O/c1-8(12(14)16)15-6-2-3-9-7-10(13)4-5-11(9)15/h7-8H,2-6H2,1H3,(H2,14,16). The summed E-state index contributed by atoms with van der Waals surface area (Å²) in [5.41, 5.74) is 7.92. The summed E-state index contributed by atoms with van der Waals surface area (Å²) in [6.07, 6.45) is 6.00. The maximum atomic E-state index is 11.3. The van der Waals surface area contributed by atoms with Gasteiger partial charge in [-0.2, -0.15) is 0 Å². The molecule has 0 fully saturated rings. The highest BCUT2D eigenvalue weighted by Crippen LogP contribution is 2.34. The first kappa shape index (κ1) is 11.5. The Morgan fingerprint density at radius 1 is 1.50 bits per heavy atom. The van der Waals surface area contributed by atoms with Crippen LogP contribution in [0.1, 0.15) is 32.6 Å². The highest BCUT2D eigenvalue weighted by molar-refractivity contribution is 6.29. The molecule has 0 radical (unpaired) electrons. The summed E-state index contributed by atoms with van der Waals surface area (Å²) in [6, 6.07) is -0.212.